The summed E-state index contributed by atoms with van der Waals surface area (Å²) in [5.41, 5.74) is 1.58. The number of rotatable bonds is 1. The van der Waals surface area contributed by atoms with Crippen LogP contribution in [-0.2, 0) is 0 Å². The van der Waals surface area contributed by atoms with Gasteiger partial charge in [0, 0.05) is 5.39 Å². The van der Waals surface area contributed by atoms with E-state index < -0.39 is 0 Å². The summed E-state index contributed by atoms with van der Waals surface area (Å²) >= 11 is 0. The smallest absolute Gasteiger partial charge is 0.265 e. The molecule has 4 aromatic rings. The summed E-state index contributed by atoms with van der Waals surface area (Å²) in [6.07, 6.45) is 0. The first-order valence-corrected chi connectivity index (χ1v) is 7.22. The Morgan fingerprint density at radius 3 is 2.36 bits per heavy atom. The van der Waals surface area contributed by atoms with Crippen LogP contribution in [0.5, 0.6) is 0 Å². The number of nitrogens with zero attached hydrogens (tertiary/aromatic N) is 2. The Labute approximate surface area is 127 Å². The van der Waals surface area contributed by atoms with E-state index in [1.807, 2.05) is 73.7 Å². The Bertz CT molecular complexity index is 1060. The summed E-state index contributed by atoms with van der Waals surface area (Å²) in [7, 11) is 0. The van der Waals surface area contributed by atoms with Gasteiger partial charge < -0.3 is 0 Å². The van der Waals surface area contributed by atoms with Crippen molar-refractivity contribution in [2.75, 3.05) is 0 Å². The molecule has 0 aliphatic carbocycles. The fraction of sp³-hybridized carbons (Fsp3) is 0.0526. The molecule has 0 aliphatic rings. The van der Waals surface area contributed by atoms with Crippen molar-refractivity contribution >= 4 is 21.7 Å². The number of aromatic nitrogens is 2. The molecule has 1 heterocycles. The molecule has 0 saturated carbocycles. The maximum Gasteiger partial charge on any atom is 0.265 e. The van der Waals surface area contributed by atoms with Crippen LogP contribution in [0.1, 0.15) is 5.82 Å². The summed E-state index contributed by atoms with van der Waals surface area (Å²) < 4.78 is 1.70. The molecule has 106 valence electrons. The monoisotopic (exact) mass is 286 g/mol. The second kappa shape index (κ2) is 4.81. The Morgan fingerprint density at radius 1 is 0.818 bits per heavy atom. The summed E-state index contributed by atoms with van der Waals surface area (Å²) in [6, 6.07) is 21.5. The van der Waals surface area contributed by atoms with Crippen molar-refractivity contribution in [2.45, 2.75) is 6.92 Å². The lowest BCUT2D eigenvalue weighted by atomic mass is 10.1. The standard InChI is InChI=1S/C19H14N2O/c1-13-20-17-11-5-4-10-16(17)19(22)21(13)18-12-6-8-14-7-2-3-9-15(14)18/h2-12H,1H3. The zero-order chi connectivity index (χ0) is 15.1. The van der Waals surface area contributed by atoms with E-state index >= 15 is 0 Å². The van der Waals surface area contributed by atoms with Crippen molar-refractivity contribution < 1.29 is 0 Å². The molecule has 3 heteroatoms. The minimum absolute atomic E-state index is 0.0283. The van der Waals surface area contributed by atoms with Gasteiger partial charge in [0.1, 0.15) is 5.82 Å². The van der Waals surface area contributed by atoms with Crippen LogP contribution in [0.2, 0.25) is 0 Å². The van der Waals surface area contributed by atoms with E-state index in [1.54, 1.807) is 4.57 Å². The highest BCUT2D eigenvalue weighted by molar-refractivity contribution is 5.90. The van der Waals surface area contributed by atoms with Crippen LogP contribution < -0.4 is 5.56 Å². The molecule has 0 saturated heterocycles. The molecule has 4 rings (SSSR count). The van der Waals surface area contributed by atoms with E-state index in [-0.39, 0.29) is 5.56 Å². The number of benzene rings is 3. The highest BCUT2D eigenvalue weighted by atomic mass is 16.1. The van der Waals surface area contributed by atoms with Crippen LogP contribution >= 0.6 is 0 Å². The van der Waals surface area contributed by atoms with E-state index in [9.17, 15) is 4.79 Å². The number of para-hydroxylation sites is 1. The zero-order valence-corrected chi connectivity index (χ0v) is 12.2. The molecule has 0 spiro atoms. The van der Waals surface area contributed by atoms with Crippen LogP contribution in [0, 0.1) is 6.92 Å². The van der Waals surface area contributed by atoms with Crippen LogP contribution in [0.4, 0.5) is 0 Å². The van der Waals surface area contributed by atoms with E-state index in [0.29, 0.717) is 11.2 Å². The van der Waals surface area contributed by atoms with Gasteiger partial charge in [0.2, 0.25) is 0 Å². The van der Waals surface area contributed by atoms with Gasteiger partial charge in [0.05, 0.1) is 16.6 Å². The topological polar surface area (TPSA) is 34.9 Å². The van der Waals surface area contributed by atoms with Crippen molar-refractivity contribution in [3.63, 3.8) is 0 Å². The molecular weight excluding hydrogens is 272 g/mol. The van der Waals surface area contributed by atoms with Gasteiger partial charge in [0.25, 0.3) is 5.56 Å². The van der Waals surface area contributed by atoms with Gasteiger partial charge in [-0.1, -0.05) is 48.5 Å². The SMILES string of the molecule is Cc1nc2ccccc2c(=O)n1-c1cccc2ccccc12. The molecule has 0 unspecified atom stereocenters. The number of hydrogen-bond donors (Lipinski definition) is 0. The lowest BCUT2D eigenvalue weighted by Crippen LogP contribution is -2.22. The molecule has 22 heavy (non-hydrogen) atoms. The highest BCUT2D eigenvalue weighted by Crippen LogP contribution is 2.22. The fourth-order valence-electron chi connectivity index (χ4n) is 2.93. The summed E-state index contributed by atoms with van der Waals surface area (Å²) in [6.45, 7) is 1.87. The maximum atomic E-state index is 12.9. The molecular formula is C19H14N2O. The first-order valence-electron chi connectivity index (χ1n) is 7.22. The van der Waals surface area contributed by atoms with Gasteiger partial charge in [-0.2, -0.15) is 0 Å². The summed E-state index contributed by atoms with van der Waals surface area (Å²) in [5, 5.41) is 2.80. The Hall–Kier alpha value is -2.94. The van der Waals surface area contributed by atoms with Crippen molar-refractivity contribution in [3.8, 4) is 5.69 Å². The van der Waals surface area contributed by atoms with Gasteiger partial charge in [-0.3, -0.25) is 9.36 Å². The largest absolute Gasteiger partial charge is 0.268 e. The zero-order valence-electron chi connectivity index (χ0n) is 12.2. The summed E-state index contributed by atoms with van der Waals surface area (Å²) in [4.78, 5) is 17.5. The maximum absolute atomic E-state index is 12.9. The molecule has 0 bridgehead atoms. The lowest BCUT2D eigenvalue weighted by molar-refractivity contribution is 0.901. The molecule has 0 radical (unpaired) electrons. The van der Waals surface area contributed by atoms with Crippen molar-refractivity contribution in [1.29, 1.82) is 0 Å². The number of fused-ring (bicyclic) bond motifs is 2. The molecule has 0 fully saturated rings. The number of hydrogen-bond acceptors (Lipinski definition) is 2. The third kappa shape index (κ3) is 1.83. The van der Waals surface area contributed by atoms with Gasteiger partial charge in [-0.05, 0) is 30.5 Å². The second-order valence-electron chi connectivity index (χ2n) is 5.32. The van der Waals surface area contributed by atoms with Gasteiger partial charge in [-0.25, -0.2) is 4.98 Å². The molecule has 1 aromatic heterocycles. The van der Waals surface area contributed by atoms with Gasteiger partial charge >= 0.3 is 0 Å². The Balaban J connectivity index is 2.15. The van der Waals surface area contributed by atoms with Crippen LogP contribution in [0.25, 0.3) is 27.4 Å². The third-order valence-corrected chi connectivity index (χ3v) is 3.95. The first-order chi connectivity index (χ1) is 10.8. The minimum Gasteiger partial charge on any atom is -0.268 e. The van der Waals surface area contributed by atoms with Crippen molar-refractivity contribution in [1.82, 2.24) is 9.55 Å². The average molecular weight is 286 g/mol. The third-order valence-electron chi connectivity index (χ3n) is 3.95. The number of aryl methyl sites for hydroxylation is 1. The predicted molar refractivity (Wildman–Crippen MR) is 89.6 cm³/mol. The summed E-state index contributed by atoms with van der Waals surface area (Å²) in [5.74, 6) is 0.694. The van der Waals surface area contributed by atoms with E-state index in [0.717, 1.165) is 22.0 Å². The molecule has 0 amide bonds. The first kappa shape index (κ1) is 12.8. The van der Waals surface area contributed by atoms with Crippen LogP contribution in [-0.4, -0.2) is 9.55 Å². The van der Waals surface area contributed by atoms with E-state index in [4.69, 9.17) is 0 Å². The van der Waals surface area contributed by atoms with Crippen LogP contribution in [0.15, 0.2) is 71.5 Å². The van der Waals surface area contributed by atoms with E-state index in [2.05, 4.69) is 4.98 Å². The van der Waals surface area contributed by atoms with Crippen molar-refractivity contribution in [2.24, 2.45) is 0 Å². The van der Waals surface area contributed by atoms with Crippen LogP contribution in [0.3, 0.4) is 0 Å². The second-order valence-corrected chi connectivity index (χ2v) is 5.32. The minimum atomic E-state index is -0.0283. The molecule has 3 nitrogen and oxygen atoms in total. The molecule has 0 aliphatic heterocycles. The highest BCUT2D eigenvalue weighted by Gasteiger charge is 2.11. The fourth-order valence-corrected chi connectivity index (χ4v) is 2.93. The van der Waals surface area contributed by atoms with Gasteiger partial charge in [0.15, 0.2) is 0 Å². The Kier molecular flexibility index (Phi) is 2.79. The normalized spacial score (nSPS) is 11.1. The molecule has 3 aromatic carbocycles. The molecule has 0 atom stereocenters. The lowest BCUT2D eigenvalue weighted by Gasteiger charge is -2.13. The predicted octanol–water partition coefficient (Wildman–Crippen LogP) is 3.85. The Morgan fingerprint density at radius 2 is 1.50 bits per heavy atom. The molecule has 0 N–H and O–H groups in total. The average Bonchev–Trinajstić information content (AvgIpc) is 2.55. The van der Waals surface area contributed by atoms with Crippen molar-refractivity contribution in [3.05, 3.63) is 82.9 Å². The van der Waals surface area contributed by atoms with E-state index in [1.165, 1.54) is 0 Å². The van der Waals surface area contributed by atoms with Gasteiger partial charge in [-0.15, -0.1) is 0 Å². The quantitative estimate of drug-likeness (QED) is 0.533.